The Labute approximate surface area is 199 Å². The summed E-state index contributed by atoms with van der Waals surface area (Å²) in [4.78, 5) is 28.7. The van der Waals surface area contributed by atoms with Crippen molar-refractivity contribution in [3.8, 4) is 11.5 Å². The Kier molecular flexibility index (Phi) is 5.45. The molecule has 1 atom stereocenters. The molecule has 2 aromatic heterocycles. The van der Waals surface area contributed by atoms with Gasteiger partial charge >= 0.3 is 0 Å². The van der Waals surface area contributed by atoms with Crippen LogP contribution in [0.15, 0.2) is 77.4 Å². The van der Waals surface area contributed by atoms with Crippen LogP contribution in [0, 0.1) is 5.82 Å². The summed E-state index contributed by atoms with van der Waals surface area (Å²) < 4.78 is 20.2. The van der Waals surface area contributed by atoms with E-state index in [0.717, 1.165) is 5.56 Å². The van der Waals surface area contributed by atoms with Gasteiger partial charge in [0.1, 0.15) is 22.7 Å². The Morgan fingerprint density at radius 2 is 1.91 bits per heavy atom. The first-order chi connectivity index (χ1) is 16.3. The van der Waals surface area contributed by atoms with Crippen LogP contribution in [0.25, 0.3) is 11.5 Å². The number of amides is 2. The van der Waals surface area contributed by atoms with E-state index in [-0.39, 0.29) is 30.7 Å². The van der Waals surface area contributed by atoms with E-state index in [2.05, 4.69) is 10.4 Å². The molecule has 0 fully saturated rings. The van der Waals surface area contributed by atoms with E-state index in [9.17, 15) is 14.0 Å². The van der Waals surface area contributed by atoms with Crippen LogP contribution in [0.3, 0.4) is 0 Å². The number of fused-ring (bicyclic) bond motifs is 1. The zero-order valence-electron chi connectivity index (χ0n) is 18.2. The molecule has 1 aliphatic heterocycles. The van der Waals surface area contributed by atoms with Crippen LogP contribution in [0.4, 0.5) is 10.1 Å². The molecule has 0 unspecified atom stereocenters. The molecular formula is C25H20ClFN4O3. The molecule has 5 rings (SSSR count). The van der Waals surface area contributed by atoms with Gasteiger partial charge < -0.3 is 9.73 Å². The first kappa shape index (κ1) is 21.9. The Balaban J connectivity index is 1.52. The molecule has 34 heavy (non-hydrogen) atoms. The van der Waals surface area contributed by atoms with Crippen molar-refractivity contribution in [2.24, 2.45) is 0 Å². The van der Waals surface area contributed by atoms with Crippen molar-refractivity contribution in [1.29, 1.82) is 0 Å². The molecule has 3 heterocycles. The van der Waals surface area contributed by atoms with Crippen LogP contribution in [0.5, 0.6) is 0 Å². The molecule has 9 heteroatoms. The van der Waals surface area contributed by atoms with Gasteiger partial charge in [-0.25, -0.2) is 4.39 Å². The highest BCUT2D eigenvalue weighted by molar-refractivity contribution is 6.30. The standard InChI is InChI=1S/C25H20ClFN4O3/c1-25(24(33)28-14-16-4-8-18(27)9-5-16)15-30-21(13-20(29-30)22-3-2-12-34-22)23(32)31(25)19-10-6-17(26)7-11-19/h2-13H,14-15H2,1H3,(H,28,33)/t25-/m1/s1. The van der Waals surface area contributed by atoms with Crippen molar-refractivity contribution in [1.82, 2.24) is 15.1 Å². The van der Waals surface area contributed by atoms with Gasteiger partial charge in [-0.2, -0.15) is 5.10 Å². The molecule has 2 aromatic carbocycles. The van der Waals surface area contributed by atoms with E-state index in [0.29, 0.717) is 27.9 Å². The summed E-state index contributed by atoms with van der Waals surface area (Å²) in [5.74, 6) is -0.582. The summed E-state index contributed by atoms with van der Waals surface area (Å²) in [5, 5.41) is 7.92. The molecule has 0 aliphatic carbocycles. The number of hydrogen-bond acceptors (Lipinski definition) is 4. The lowest BCUT2D eigenvalue weighted by Gasteiger charge is -2.43. The third-order valence-electron chi connectivity index (χ3n) is 5.87. The SMILES string of the molecule is C[C@]1(C(=O)NCc2ccc(F)cc2)Cn2nc(-c3ccco3)cc2C(=O)N1c1ccc(Cl)cc1. The maximum absolute atomic E-state index is 13.7. The Morgan fingerprint density at radius 1 is 1.18 bits per heavy atom. The van der Waals surface area contributed by atoms with Crippen LogP contribution in [-0.4, -0.2) is 27.1 Å². The molecule has 4 aromatic rings. The first-order valence-corrected chi connectivity index (χ1v) is 11.0. The topological polar surface area (TPSA) is 80.4 Å². The maximum atomic E-state index is 13.7. The van der Waals surface area contributed by atoms with Crippen LogP contribution < -0.4 is 10.2 Å². The number of aromatic nitrogens is 2. The monoisotopic (exact) mass is 478 g/mol. The molecule has 7 nitrogen and oxygen atoms in total. The normalized spacial score (nSPS) is 17.5. The minimum absolute atomic E-state index is 0.118. The zero-order valence-corrected chi connectivity index (χ0v) is 18.9. The molecule has 0 radical (unpaired) electrons. The average molecular weight is 479 g/mol. The highest BCUT2D eigenvalue weighted by Gasteiger charge is 2.49. The Hall–Kier alpha value is -3.91. The smallest absolute Gasteiger partial charge is 0.277 e. The molecule has 2 amide bonds. The minimum Gasteiger partial charge on any atom is -0.463 e. The number of halogens is 2. The van der Waals surface area contributed by atoms with E-state index < -0.39 is 5.54 Å². The molecule has 0 spiro atoms. The van der Waals surface area contributed by atoms with E-state index in [4.69, 9.17) is 16.0 Å². The fourth-order valence-electron chi connectivity index (χ4n) is 4.10. The number of rotatable bonds is 5. The number of hydrogen-bond donors (Lipinski definition) is 1. The highest BCUT2D eigenvalue weighted by atomic mass is 35.5. The number of nitrogens with one attached hydrogen (secondary N) is 1. The fraction of sp³-hybridized carbons (Fsp3) is 0.160. The minimum atomic E-state index is -1.30. The van der Waals surface area contributed by atoms with Gasteiger partial charge in [0.2, 0.25) is 5.91 Å². The van der Waals surface area contributed by atoms with Gasteiger partial charge in [0.05, 0.1) is 12.8 Å². The Bertz CT molecular complexity index is 1350. The molecule has 0 saturated heterocycles. The number of nitrogens with zero attached hydrogens (tertiary/aromatic N) is 3. The number of anilines is 1. The number of carbonyl (C=O) groups is 2. The van der Waals surface area contributed by atoms with Crippen LogP contribution in [0.2, 0.25) is 5.02 Å². The number of furan rings is 1. The summed E-state index contributed by atoms with van der Waals surface area (Å²) in [6.07, 6.45) is 1.53. The van der Waals surface area contributed by atoms with Crippen molar-refractivity contribution in [3.63, 3.8) is 0 Å². The van der Waals surface area contributed by atoms with Gasteiger partial charge in [-0.15, -0.1) is 0 Å². The van der Waals surface area contributed by atoms with E-state index in [1.54, 1.807) is 61.5 Å². The van der Waals surface area contributed by atoms with Gasteiger partial charge in [0.25, 0.3) is 5.91 Å². The summed E-state index contributed by atoms with van der Waals surface area (Å²) in [6, 6.07) is 17.7. The molecular weight excluding hydrogens is 459 g/mol. The van der Waals surface area contributed by atoms with Gasteiger partial charge in [-0.1, -0.05) is 23.7 Å². The second kappa shape index (κ2) is 8.46. The van der Waals surface area contributed by atoms with Gasteiger partial charge in [0.15, 0.2) is 5.76 Å². The van der Waals surface area contributed by atoms with Crippen LogP contribution in [0.1, 0.15) is 23.0 Å². The van der Waals surface area contributed by atoms with Crippen LogP contribution in [-0.2, 0) is 17.9 Å². The summed E-state index contributed by atoms with van der Waals surface area (Å²) >= 11 is 6.06. The molecule has 0 saturated carbocycles. The number of benzene rings is 2. The molecule has 1 aliphatic rings. The zero-order chi connectivity index (χ0) is 23.9. The van der Waals surface area contributed by atoms with Crippen molar-refractivity contribution in [2.75, 3.05) is 4.90 Å². The third kappa shape index (κ3) is 3.86. The second-order valence-corrected chi connectivity index (χ2v) is 8.69. The van der Waals surface area contributed by atoms with E-state index >= 15 is 0 Å². The lowest BCUT2D eigenvalue weighted by atomic mass is 9.94. The first-order valence-electron chi connectivity index (χ1n) is 10.6. The Morgan fingerprint density at radius 3 is 2.59 bits per heavy atom. The summed E-state index contributed by atoms with van der Waals surface area (Å²) in [5.41, 5.74) is 0.800. The second-order valence-electron chi connectivity index (χ2n) is 8.25. The van der Waals surface area contributed by atoms with Crippen molar-refractivity contribution < 1.29 is 18.4 Å². The van der Waals surface area contributed by atoms with Crippen molar-refractivity contribution >= 4 is 29.1 Å². The lowest BCUT2D eigenvalue weighted by molar-refractivity contribution is -0.126. The molecule has 0 bridgehead atoms. The van der Waals surface area contributed by atoms with Gasteiger partial charge in [0, 0.05) is 23.3 Å². The van der Waals surface area contributed by atoms with Gasteiger partial charge in [-0.3, -0.25) is 19.2 Å². The van der Waals surface area contributed by atoms with Crippen molar-refractivity contribution in [2.45, 2.75) is 25.6 Å². The quantitative estimate of drug-likeness (QED) is 0.452. The van der Waals surface area contributed by atoms with E-state index in [1.807, 2.05) is 0 Å². The predicted molar refractivity (Wildman–Crippen MR) is 125 cm³/mol. The summed E-state index contributed by atoms with van der Waals surface area (Å²) in [7, 11) is 0. The van der Waals surface area contributed by atoms with E-state index in [1.165, 1.54) is 28.0 Å². The van der Waals surface area contributed by atoms with Crippen LogP contribution >= 0.6 is 11.6 Å². The predicted octanol–water partition coefficient (Wildman–Crippen LogP) is 4.67. The highest BCUT2D eigenvalue weighted by Crippen LogP contribution is 2.34. The molecule has 172 valence electrons. The number of carbonyl (C=O) groups excluding carboxylic acids is 2. The van der Waals surface area contributed by atoms with Gasteiger partial charge in [-0.05, 0) is 61.0 Å². The maximum Gasteiger partial charge on any atom is 0.277 e. The van der Waals surface area contributed by atoms with Crippen molar-refractivity contribution in [3.05, 3.63) is 95.1 Å². The average Bonchev–Trinajstić information content (AvgIpc) is 3.50. The largest absolute Gasteiger partial charge is 0.463 e. The molecule has 1 N–H and O–H groups in total. The fourth-order valence-corrected chi connectivity index (χ4v) is 4.22. The lowest BCUT2D eigenvalue weighted by Crippen LogP contribution is -2.64. The third-order valence-corrected chi connectivity index (χ3v) is 6.12. The summed E-state index contributed by atoms with van der Waals surface area (Å²) in [6.45, 7) is 1.99.